The van der Waals surface area contributed by atoms with Crippen LogP contribution in [0.4, 0.5) is 8.78 Å². The van der Waals surface area contributed by atoms with Crippen LogP contribution in [0.15, 0.2) is 18.2 Å². The molecule has 1 aliphatic rings. The number of halogens is 2. The van der Waals surface area contributed by atoms with E-state index in [1.165, 1.54) is 24.1 Å². The number of hydrogen-bond donors (Lipinski definition) is 1. The zero-order chi connectivity index (χ0) is 20.7. The SMILES string of the molecule is CCC(CC)N1CCN(C(=O)COC)C[C@](O)(COc2cccc(F)c2F)C1. The first kappa shape index (κ1) is 22.5. The van der Waals surface area contributed by atoms with Gasteiger partial charge in [-0.1, -0.05) is 19.9 Å². The molecule has 1 atom stereocenters. The Kier molecular flexibility index (Phi) is 8.15. The first-order valence-corrected chi connectivity index (χ1v) is 9.63. The molecule has 0 spiro atoms. The molecule has 2 rings (SSSR count). The maximum Gasteiger partial charge on any atom is 0.248 e. The van der Waals surface area contributed by atoms with Gasteiger partial charge in [-0.25, -0.2) is 4.39 Å². The molecule has 0 radical (unpaired) electrons. The van der Waals surface area contributed by atoms with Crippen LogP contribution in [0.3, 0.4) is 0 Å². The summed E-state index contributed by atoms with van der Waals surface area (Å²) in [4.78, 5) is 16.0. The largest absolute Gasteiger partial charge is 0.487 e. The molecule has 0 bridgehead atoms. The zero-order valence-electron chi connectivity index (χ0n) is 16.8. The van der Waals surface area contributed by atoms with Crippen molar-refractivity contribution < 1.29 is 28.2 Å². The van der Waals surface area contributed by atoms with Crippen LogP contribution in [0.25, 0.3) is 0 Å². The number of rotatable bonds is 8. The van der Waals surface area contributed by atoms with Crippen LogP contribution < -0.4 is 4.74 Å². The van der Waals surface area contributed by atoms with Gasteiger partial charge in [0.1, 0.15) is 18.8 Å². The molecule has 0 saturated carbocycles. The summed E-state index contributed by atoms with van der Waals surface area (Å²) >= 11 is 0. The fraction of sp³-hybridized carbons (Fsp3) is 0.650. The monoisotopic (exact) mass is 400 g/mol. The smallest absolute Gasteiger partial charge is 0.248 e. The summed E-state index contributed by atoms with van der Waals surface area (Å²) in [6, 6.07) is 3.90. The normalized spacial score (nSPS) is 21.0. The standard InChI is InChI=1S/C20H30F2N2O4/c1-4-15(5-2)23-9-10-24(18(25)11-27-3)13-20(26,12-23)14-28-17-8-6-7-16(21)19(17)22/h6-8,15,26H,4-5,9-14H2,1-3H3/t20-/m0/s1. The first-order chi connectivity index (χ1) is 13.3. The molecule has 1 saturated heterocycles. The second-order valence-corrected chi connectivity index (χ2v) is 7.25. The van der Waals surface area contributed by atoms with Gasteiger partial charge in [-0.2, -0.15) is 4.39 Å². The van der Waals surface area contributed by atoms with Crippen LogP contribution in [-0.2, 0) is 9.53 Å². The Balaban J connectivity index is 2.21. The number of nitrogens with zero attached hydrogens (tertiary/aromatic N) is 2. The maximum atomic E-state index is 13.9. The van der Waals surface area contributed by atoms with Crippen LogP contribution in [-0.4, -0.2) is 79.0 Å². The Labute approximate surface area is 165 Å². The van der Waals surface area contributed by atoms with Crippen molar-refractivity contribution in [3.05, 3.63) is 29.8 Å². The van der Waals surface area contributed by atoms with E-state index in [1.807, 2.05) is 0 Å². The van der Waals surface area contributed by atoms with Crippen LogP contribution in [0.2, 0.25) is 0 Å². The lowest BCUT2D eigenvalue weighted by Crippen LogP contribution is -2.53. The molecule has 1 fully saturated rings. The quantitative estimate of drug-likeness (QED) is 0.724. The molecule has 1 aromatic rings. The summed E-state index contributed by atoms with van der Waals surface area (Å²) in [5.74, 6) is -2.60. The highest BCUT2D eigenvalue weighted by Crippen LogP contribution is 2.24. The lowest BCUT2D eigenvalue weighted by Gasteiger charge is -2.35. The van der Waals surface area contributed by atoms with Crippen molar-refractivity contribution in [1.82, 2.24) is 9.80 Å². The van der Waals surface area contributed by atoms with Crippen LogP contribution >= 0.6 is 0 Å². The number of β-amino-alcohol motifs (C(OH)–C–C–N with tert-alkyl or cyclic N) is 1. The van der Waals surface area contributed by atoms with Crippen LogP contribution in [0, 0.1) is 11.6 Å². The molecule has 1 amide bonds. The highest BCUT2D eigenvalue weighted by molar-refractivity contribution is 5.77. The van der Waals surface area contributed by atoms with E-state index in [9.17, 15) is 18.7 Å². The molecule has 1 aliphatic heterocycles. The molecule has 158 valence electrons. The molecule has 1 heterocycles. The highest BCUT2D eigenvalue weighted by Gasteiger charge is 2.39. The summed E-state index contributed by atoms with van der Waals surface area (Å²) in [6.45, 7) is 5.17. The number of carbonyl (C=O) groups is 1. The Morgan fingerprint density at radius 3 is 2.61 bits per heavy atom. The van der Waals surface area contributed by atoms with E-state index in [-0.39, 0.29) is 44.0 Å². The average Bonchev–Trinajstić information content (AvgIpc) is 2.84. The third-order valence-electron chi connectivity index (χ3n) is 5.13. The summed E-state index contributed by atoms with van der Waals surface area (Å²) in [6.07, 6.45) is 1.80. The second kappa shape index (κ2) is 10.1. The summed E-state index contributed by atoms with van der Waals surface area (Å²) in [7, 11) is 1.44. The van der Waals surface area contributed by atoms with Gasteiger partial charge in [-0.15, -0.1) is 0 Å². The minimum atomic E-state index is -1.43. The lowest BCUT2D eigenvalue weighted by molar-refractivity contribution is -0.138. The second-order valence-electron chi connectivity index (χ2n) is 7.25. The number of amides is 1. The van der Waals surface area contributed by atoms with Crippen LogP contribution in [0.1, 0.15) is 26.7 Å². The average molecular weight is 400 g/mol. The van der Waals surface area contributed by atoms with Crippen molar-refractivity contribution >= 4 is 5.91 Å². The number of ether oxygens (including phenoxy) is 2. The van der Waals surface area contributed by atoms with Gasteiger partial charge in [-0.05, 0) is 25.0 Å². The van der Waals surface area contributed by atoms with Crippen molar-refractivity contribution in [2.24, 2.45) is 0 Å². The molecule has 0 aliphatic carbocycles. The highest BCUT2D eigenvalue weighted by atomic mass is 19.2. The van der Waals surface area contributed by atoms with E-state index in [0.29, 0.717) is 13.1 Å². The number of aliphatic hydroxyl groups is 1. The van der Waals surface area contributed by atoms with Crippen molar-refractivity contribution in [3.8, 4) is 5.75 Å². The van der Waals surface area contributed by atoms with E-state index in [0.717, 1.165) is 18.9 Å². The maximum absolute atomic E-state index is 13.9. The van der Waals surface area contributed by atoms with Gasteiger partial charge in [0.25, 0.3) is 0 Å². The molecular weight excluding hydrogens is 370 g/mol. The van der Waals surface area contributed by atoms with E-state index in [2.05, 4.69) is 18.7 Å². The van der Waals surface area contributed by atoms with Crippen molar-refractivity contribution in [1.29, 1.82) is 0 Å². The minimum Gasteiger partial charge on any atom is -0.487 e. The predicted octanol–water partition coefficient (Wildman–Crippen LogP) is 2.05. The fourth-order valence-corrected chi connectivity index (χ4v) is 3.63. The Morgan fingerprint density at radius 2 is 1.96 bits per heavy atom. The van der Waals surface area contributed by atoms with Gasteiger partial charge in [0.05, 0.1) is 6.54 Å². The topological polar surface area (TPSA) is 62.2 Å². The van der Waals surface area contributed by atoms with Gasteiger partial charge in [0, 0.05) is 32.8 Å². The molecular formula is C20H30F2N2O4. The summed E-state index contributed by atoms with van der Waals surface area (Å²) < 4.78 is 37.7. The van der Waals surface area contributed by atoms with E-state index < -0.39 is 17.2 Å². The van der Waals surface area contributed by atoms with Crippen molar-refractivity contribution in [3.63, 3.8) is 0 Å². The van der Waals surface area contributed by atoms with Crippen molar-refractivity contribution in [2.75, 3.05) is 46.5 Å². The van der Waals surface area contributed by atoms with Crippen LogP contribution in [0.5, 0.6) is 5.75 Å². The van der Waals surface area contributed by atoms with E-state index in [1.54, 1.807) is 0 Å². The van der Waals surface area contributed by atoms with Gasteiger partial charge < -0.3 is 19.5 Å². The Bertz CT molecular complexity index is 657. The summed E-state index contributed by atoms with van der Waals surface area (Å²) in [5, 5.41) is 11.3. The molecule has 6 nitrogen and oxygen atoms in total. The number of hydrogen-bond acceptors (Lipinski definition) is 5. The third kappa shape index (κ3) is 5.62. The molecule has 0 unspecified atom stereocenters. The number of methoxy groups -OCH3 is 1. The molecule has 0 aromatic heterocycles. The molecule has 8 heteroatoms. The number of carbonyl (C=O) groups excluding carboxylic acids is 1. The minimum absolute atomic E-state index is 0.0305. The third-order valence-corrected chi connectivity index (χ3v) is 5.13. The van der Waals surface area contributed by atoms with E-state index in [4.69, 9.17) is 9.47 Å². The first-order valence-electron chi connectivity index (χ1n) is 9.63. The van der Waals surface area contributed by atoms with Gasteiger partial charge in [0.2, 0.25) is 11.7 Å². The lowest BCUT2D eigenvalue weighted by atomic mass is 10.0. The van der Waals surface area contributed by atoms with Gasteiger partial charge in [-0.3, -0.25) is 9.69 Å². The van der Waals surface area contributed by atoms with Gasteiger partial charge in [0.15, 0.2) is 11.6 Å². The Morgan fingerprint density at radius 1 is 1.25 bits per heavy atom. The molecule has 1 aromatic carbocycles. The molecule has 1 N–H and O–H groups in total. The predicted molar refractivity (Wildman–Crippen MR) is 101 cm³/mol. The number of benzene rings is 1. The Hall–Kier alpha value is -1.77. The van der Waals surface area contributed by atoms with Gasteiger partial charge >= 0.3 is 0 Å². The fourth-order valence-electron chi connectivity index (χ4n) is 3.63. The summed E-state index contributed by atoms with van der Waals surface area (Å²) in [5.41, 5.74) is -1.43. The van der Waals surface area contributed by atoms with Crippen molar-refractivity contribution in [2.45, 2.75) is 38.3 Å². The van der Waals surface area contributed by atoms with E-state index >= 15 is 0 Å². The molecule has 28 heavy (non-hydrogen) atoms. The zero-order valence-corrected chi connectivity index (χ0v) is 16.8.